The molecule has 0 radical (unpaired) electrons. The summed E-state index contributed by atoms with van der Waals surface area (Å²) < 4.78 is 33.0. The number of hydrogen-bond acceptors (Lipinski definition) is 7. The van der Waals surface area contributed by atoms with Gasteiger partial charge >= 0.3 is 0 Å². The molecule has 0 spiro atoms. The third kappa shape index (κ3) is 6.12. The number of carbonyl (C=O) groups excluding carboxylic acids is 1. The minimum Gasteiger partial charge on any atom is -0.359 e. The first-order valence-corrected chi connectivity index (χ1v) is 8.32. The maximum atomic E-state index is 12.3. The lowest BCUT2D eigenvalue weighted by atomic mass is 9.95. The van der Waals surface area contributed by atoms with Crippen LogP contribution < -0.4 is 0 Å². The SMILES string of the molecule is C=CC(=O)[C@H]1OC(C)(C)O[C@H]1[C@H](OCOC)/C(C)=C(/C=C)COCOC. The Morgan fingerprint density at radius 2 is 1.81 bits per heavy atom. The number of methoxy groups -OCH3 is 2. The summed E-state index contributed by atoms with van der Waals surface area (Å²) in [7, 11) is 3.07. The van der Waals surface area contributed by atoms with E-state index in [0.717, 1.165) is 11.1 Å². The lowest BCUT2D eigenvalue weighted by Gasteiger charge is -2.28. The highest BCUT2D eigenvalue weighted by atomic mass is 16.8. The standard InChI is InChI=1S/C19H30O7/c1-8-14(10-23-11-21-6)13(3)16(24-12-22-7)18-17(15(20)9-2)25-19(4,5)26-18/h8-9,16-18H,1-2,10-12H2,3-7H3/b14-13-/t16-,17-,18+/m1/s1. The predicted octanol–water partition coefficient (Wildman–Crippen LogP) is 2.37. The van der Waals surface area contributed by atoms with Crippen LogP contribution in [0.15, 0.2) is 36.5 Å². The van der Waals surface area contributed by atoms with Gasteiger partial charge < -0.3 is 28.4 Å². The monoisotopic (exact) mass is 370 g/mol. The van der Waals surface area contributed by atoms with Crippen LogP contribution in [0.5, 0.6) is 0 Å². The second kappa shape index (κ2) is 10.7. The van der Waals surface area contributed by atoms with Gasteiger partial charge in [0.05, 0.1) is 6.61 Å². The molecule has 148 valence electrons. The van der Waals surface area contributed by atoms with E-state index in [2.05, 4.69) is 13.2 Å². The molecule has 1 heterocycles. The lowest BCUT2D eigenvalue weighted by molar-refractivity contribution is -0.165. The molecular weight excluding hydrogens is 340 g/mol. The fraction of sp³-hybridized carbons (Fsp3) is 0.632. The van der Waals surface area contributed by atoms with Crippen molar-refractivity contribution >= 4 is 5.78 Å². The Hall–Kier alpha value is -1.35. The van der Waals surface area contributed by atoms with Gasteiger partial charge in [0.15, 0.2) is 17.7 Å². The molecule has 0 N–H and O–H groups in total. The first-order chi connectivity index (χ1) is 12.3. The van der Waals surface area contributed by atoms with Crippen molar-refractivity contribution in [2.75, 3.05) is 34.4 Å². The molecule has 3 atom stereocenters. The highest BCUT2D eigenvalue weighted by Gasteiger charge is 2.49. The van der Waals surface area contributed by atoms with E-state index in [-0.39, 0.29) is 26.0 Å². The van der Waals surface area contributed by atoms with Crippen molar-refractivity contribution in [1.82, 2.24) is 0 Å². The van der Waals surface area contributed by atoms with E-state index in [1.165, 1.54) is 13.2 Å². The van der Waals surface area contributed by atoms with Gasteiger partial charge in [0.25, 0.3) is 0 Å². The maximum Gasteiger partial charge on any atom is 0.186 e. The molecule has 0 aromatic carbocycles. The number of carbonyl (C=O) groups is 1. The fourth-order valence-corrected chi connectivity index (χ4v) is 2.71. The summed E-state index contributed by atoms with van der Waals surface area (Å²) in [6, 6.07) is 0. The van der Waals surface area contributed by atoms with E-state index < -0.39 is 24.1 Å². The number of ketones is 1. The van der Waals surface area contributed by atoms with Crippen molar-refractivity contribution in [2.24, 2.45) is 0 Å². The molecule has 1 rings (SSSR count). The van der Waals surface area contributed by atoms with Crippen LogP contribution in [0.4, 0.5) is 0 Å². The second-order valence-electron chi connectivity index (χ2n) is 6.29. The van der Waals surface area contributed by atoms with Crippen molar-refractivity contribution in [1.29, 1.82) is 0 Å². The first-order valence-electron chi connectivity index (χ1n) is 8.32. The summed E-state index contributed by atoms with van der Waals surface area (Å²) in [5.41, 5.74) is 1.61. The highest BCUT2D eigenvalue weighted by molar-refractivity contribution is 5.93. The molecule has 7 nitrogen and oxygen atoms in total. The van der Waals surface area contributed by atoms with Crippen LogP contribution in [0.25, 0.3) is 0 Å². The van der Waals surface area contributed by atoms with Crippen LogP contribution in [-0.2, 0) is 33.2 Å². The third-order valence-corrected chi connectivity index (χ3v) is 3.91. The number of rotatable bonds is 12. The molecule has 0 aromatic rings. The minimum absolute atomic E-state index is 0.0284. The van der Waals surface area contributed by atoms with Gasteiger partial charge in [-0.2, -0.15) is 0 Å². The Kier molecular flexibility index (Phi) is 9.35. The summed E-state index contributed by atoms with van der Waals surface area (Å²) in [5.74, 6) is -1.20. The zero-order valence-electron chi connectivity index (χ0n) is 16.3. The zero-order valence-corrected chi connectivity index (χ0v) is 16.3. The quantitative estimate of drug-likeness (QED) is 0.226. The van der Waals surface area contributed by atoms with Crippen LogP contribution >= 0.6 is 0 Å². The van der Waals surface area contributed by atoms with Gasteiger partial charge in [0.1, 0.15) is 25.8 Å². The third-order valence-electron chi connectivity index (χ3n) is 3.91. The van der Waals surface area contributed by atoms with Gasteiger partial charge in [0, 0.05) is 14.2 Å². The van der Waals surface area contributed by atoms with Gasteiger partial charge in [-0.1, -0.05) is 19.2 Å². The second-order valence-corrected chi connectivity index (χ2v) is 6.29. The van der Waals surface area contributed by atoms with Crippen molar-refractivity contribution in [3.8, 4) is 0 Å². The fourth-order valence-electron chi connectivity index (χ4n) is 2.71. The normalized spacial score (nSPS) is 24.0. The first kappa shape index (κ1) is 22.7. The predicted molar refractivity (Wildman–Crippen MR) is 96.5 cm³/mol. The van der Waals surface area contributed by atoms with Gasteiger partial charge in [0.2, 0.25) is 0 Å². The topological polar surface area (TPSA) is 72.5 Å². The molecule has 26 heavy (non-hydrogen) atoms. The largest absolute Gasteiger partial charge is 0.359 e. The van der Waals surface area contributed by atoms with Crippen LogP contribution in [0.3, 0.4) is 0 Å². The van der Waals surface area contributed by atoms with E-state index in [9.17, 15) is 4.79 Å². The van der Waals surface area contributed by atoms with Crippen LogP contribution in [-0.4, -0.2) is 64.3 Å². The Morgan fingerprint density at radius 1 is 1.15 bits per heavy atom. The molecule has 1 fully saturated rings. The van der Waals surface area contributed by atoms with E-state index in [4.69, 9.17) is 28.4 Å². The summed E-state index contributed by atoms with van der Waals surface area (Å²) >= 11 is 0. The summed E-state index contributed by atoms with van der Waals surface area (Å²) in [6.45, 7) is 13.2. The van der Waals surface area contributed by atoms with Gasteiger partial charge in [-0.3, -0.25) is 4.79 Å². The average molecular weight is 370 g/mol. The molecular formula is C19H30O7. The lowest BCUT2D eigenvalue weighted by Crippen LogP contribution is -2.42. The van der Waals surface area contributed by atoms with Crippen LogP contribution in [0, 0.1) is 0 Å². The number of hydrogen-bond donors (Lipinski definition) is 0. The molecule has 1 aliphatic rings. The summed E-state index contributed by atoms with van der Waals surface area (Å²) in [6.07, 6.45) is 0.822. The van der Waals surface area contributed by atoms with Crippen molar-refractivity contribution in [3.63, 3.8) is 0 Å². The molecule has 0 amide bonds. The Labute approximate surface area is 155 Å². The van der Waals surface area contributed by atoms with Crippen LogP contribution in [0.1, 0.15) is 20.8 Å². The number of ether oxygens (including phenoxy) is 6. The summed E-state index contributed by atoms with van der Waals surface area (Å²) in [4.78, 5) is 12.3. The molecule has 1 aliphatic heterocycles. The molecule has 0 bridgehead atoms. The average Bonchev–Trinajstić information content (AvgIpc) is 2.93. The van der Waals surface area contributed by atoms with Gasteiger partial charge in [-0.15, -0.1) is 0 Å². The van der Waals surface area contributed by atoms with Crippen LogP contribution in [0.2, 0.25) is 0 Å². The summed E-state index contributed by atoms with van der Waals surface area (Å²) in [5, 5.41) is 0. The Balaban J connectivity index is 3.18. The Morgan fingerprint density at radius 3 is 2.35 bits per heavy atom. The maximum absolute atomic E-state index is 12.3. The Bertz CT molecular complexity index is 524. The van der Waals surface area contributed by atoms with Gasteiger partial charge in [-0.05, 0) is 38.0 Å². The molecule has 0 aliphatic carbocycles. The van der Waals surface area contributed by atoms with Crippen molar-refractivity contribution in [2.45, 2.75) is 44.9 Å². The van der Waals surface area contributed by atoms with E-state index >= 15 is 0 Å². The molecule has 0 saturated carbocycles. The smallest absolute Gasteiger partial charge is 0.186 e. The molecule has 1 saturated heterocycles. The highest BCUT2D eigenvalue weighted by Crippen LogP contribution is 2.34. The van der Waals surface area contributed by atoms with E-state index in [0.29, 0.717) is 0 Å². The van der Waals surface area contributed by atoms with Crippen molar-refractivity contribution in [3.05, 3.63) is 36.5 Å². The molecule has 0 unspecified atom stereocenters. The minimum atomic E-state index is -0.927. The van der Waals surface area contributed by atoms with Gasteiger partial charge in [-0.25, -0.2) is 0 Å². The van der Waals surface area contributed by atoms with Crippen molar-refractivity contribution < 1.29 is 33.2 Å². The van der Waals surface area contributed by atoms with E-state index in [1.54, 1.807) is 27.0 Å². The van der Waals surface area contributed by atoms with E-state index in [1.807, 2.05) is 6.92 Å². The molecule has 7 heteroatoms. The molecule has 0 aromatic heterocycles. The zero-order chi connectivity index (χ0) is 19.7.